The van der Waals surface area contributed by atoms with Crippen LogP contribution in [0, 0.1) is 0 Å². The minimum Gasteiger partial charge on any atom is -0.352 e. The topological polar surface area (TPSA) is 75.3 Å². The van der Waals surface area contributed by atoms with Crippen molar-refractivity contribution in [3.8, 4) is 0 Å². The number of rotatable bonds is 5. The Kier molecular flexibility index (Phi) is 3.73. The van der Waals surface area contributed by atoms with E-state index in [-0.39, 0.29) is 23.7 Å². The van der Waals surface area contributed by atoms with E-state index in [2.05, 4.69) is 10.6 Å². The van der Waals surface area contributed by atoms with Gasteiger partial charge in [0, 0.05) is 18.3 Å². The van der Waals surface area contributed by atoms with Crippen molar-refractivity contribution >= 4 is 15.7 Å². The van der Waals surface area contributed by atoms with Crippen molar-refractivity contribution < 1.29 is 13.2 Å². The van der Waals surface area contributed by atoms with Crippen LogP contribution in [-0.2, 0) is 14.6 Å². The molecular formula is C11H20N2O3S. The molecule has 0 aromatic carbocycles. The molecule has 17 heavy (non-hydrogen) atoms. The molecule has 0 bridgehead atoms. The van der Waals surface area contributed by atoms with Gasteiger partial charge in [0.1, 0.15) is 0 Å². The van der Waals surface area contributed by atoms with Crippen molar-refractivity contribution in [2.24, 2.45) is 0 Å². The zero-order chi connectivity index (χ0) is 12.5. The lowest BCUT2D eigenvalue weighted by Crippen LogP contribution is -2.45. The molecule has 6 heteroatoms. The van der Waals surface area contributed by atoms with Crippen molar-refractivity contribution in [3.63, 3.8) is 0 Å². The Labute approximate surface area is 102 Å². The Morgan fingerprint density at radius 1 is 1.24 bits per heavy atom. The summed E-state index contributed by atoms with van der Waals surface area (Å²) in [6.45, 7) is 0.229. The van der Waals surface area contributed by atoms with Gasteiger partial charge in [0.2, 0.25) is 5.91 Å². The molecule has 0 radical (unpaired) electrons. The summed E-state index contributed by atoms with van der Waals surface area (Å²) in [5.41, 5.74) is 0. The largest absolute Gasteiger partial charge is 0.352 e. The summed E-state index contributed by atoms with van der Waals surface area (Å²) in [7, 11) is -3.00. The van der Waals surface area contributed by atoms with Gasteiger partial charge in [-0.2, -0.15) is 0 Å². The molecule has 98 valence electrons. The van der Waals surface area contributed by atoms with Gasteiger partial charge in [-0.3, -0.25) is 4.79 Å². The Bertz CT molecular complexity index is 390. The first-order chi connectivity index (χ1) is 7.97. The molecule has 2 N–H and O–H groups in total. The molecule has 2 aliphatic rings. The summed E-state index contributed by atoms with van der Waals surface area (Å²) in [6.07, 6.45) is 5.89. The molecule has 2 atom stereocenters. The first-order valence-electron chi connectivity index (χ1n) is 6.18. The highest BCUT2D eigenvalue weighted by Crippen LogP contribution is 2.25. The van der Waals surface area contributed by atoms with Gasteiger partial charge in [0.25, 0.3) is 0 Å². The normalized spacial score (nSPS) is 29.2. The molecule has 2 fully saturated rings. The molecule has 0 aromatic rings. The molecule has 2 rings (SSSR count). The third-order valence-corrected chi connectivity index (χ3v) is 5.13. The van der Waals surface area contributed by atoms with Crippen LogP contribution < -0.4 is 10.6 Å². The van der Waals surface area contributed by atoms with Crippen molar-refractivity contribution in [1.82, 2.24) is 10.6 Å². The predicted octanol–water partition coefficient (Wildman–Crippen LogP) is -0.180. The summed E-state index contributed by atoms with van der Waals surface area (Å²) < 4.78 is 23.1. The van der Waals surface area contributed by atoms with Crippen LogP contribution in [0.25, 0.3) is 0 Å². The monoisotopic (exact) mass is 260 g/mol. The van der Waals surface area contributed by atoms with Gasteiger partial charge in [-0.1, -0.05) is 6.42 Å². The van der Waals surface area contributed by atoms with Gasteiger partial charge < -0.3 is 10.6 Å². The summed E-state index contributed by atoms with van der Waals surface area (Å²) >= 11 is 0. The van der Waals surface area contributed by atoms with Crippen molar-refractivity contribution in [2.45, 2.75) is 49.4 Å². The average Bonchev–Trinajstić information content (AvgIpc) is 2.89. The Morgan fingerprint density at radius 2 is 1.94 bits per heavy atom. The van der Waals surface area contributed by atoms with E-state index in [1.807, 2.05) is 0 Å². The standard InChI is InChI=1S/C11H20N2O3S/c1-17(15,16)10-4-2-3-9(10)12-7-11(14)13-8-5-6-8/h8-10,12H,2-7H2,1H3,(H,13,14). The molecular weight excluding hydrogens is 240 g/mol. The van der Waals surface area contributed by atoms with Gasteiger partial charge in [0.15, 0.2) is 9.84 Å². The fourth-order valence-corrected chi connectivity index (χ4v) is 3.83. The van der Waals surface area contributed by atoms with Crippen LogP contribution in [-0.4, -0.2) is 44.5 Å². The highest BCUT2D eigenvalue weighted by Gasteiger charge is 2.34. The van der Waals surface area contributed by atoms with Gasteiger partial charge in [0.05, 0.1) is 11.8 Å². The van der Waals surface area contributed by atoms with Crippen LogP contribution in [0.15, 0.2) is 0 Å². The van der Waals surface area contributed by atoms with E-state index in [0.717, 1.165) is 25.7 Å². The highest BCUT2D eigenvalue weighted by atomic mass is 32.2. The van der Waals surface area contributed by atoms with E-state index in [1.54, 1.807) is 0 Å². The lowest BCUT2D eigenvalue weighted by atomic mass is 10.2. The molecule has 0 heterocycles. The van der Waals surface area contributed by atoms with E-state index in [4.69, 9.17) is 0 Å². The zero-order valence-corrected chi connectivity index (χ0v) is 10.9. The van der Waals surface area contributed by atoms with Crippen molar-refractivity contribution in [1.29, 1.82) is 0 Å². The summed E-state index contributed by atoms with van der Waals surface area (Å²) in [6, 6.07) is 0.300. The van der Waals surface area contributed by atoms with Crippen LogP contribution in [0.4, 0.5) is 0 Å². The number of carbonyl (C=O) groups is 1. The lowest BCUT2D eigenvalue weighted by molar-refractivity contribution is -0.120. The van der Waals surface area contributed by atoms with Gasteiger partial charge in [-0.25, -0.2) is 8.42 Å². The predicted molar refractivity (Wildman–Crippen MR) is 65.4 cm³/mol. The number of carbonyl (C=O) groups excluding carboxylic acids is 1. The average molecular weight is 260 g/mol. The second kappa shape index (κ2) is 4.94. The second-order valence-electron chi connectivity index (χ2n) is 5.13. The minimum atomic E-state index is -3.00. The van der Waals surface area contributed by atoms with Crippen LogP contribution in [0.2, 0.25) is 0 Å². The summed E-state index contributed by atoms with van der Waals surface area (Å²) in [4.78, 5) is 11.5. The van der Waals surface area contributed by atoms with E-state index in [1.165, 1.54) is 6.26 Å². The zero-order valence-electron chi connectivity index (χ0n) is 10.1. The fraction of sp³-hybridized carbons (Fsp3) is 0.909. The van der Waals surface area contributed by atoms with E-state index >= 15 is 0 Å². The number of hydrogen-bond acceptors (Lipinski definition) is 4. The molecule has 0 spiro atoms. The Hall–Kier alpha value is -0.620. The van der Waals surface area contributed by atoms with Crippen LogP contribution in [0.5, 0.6) is 0 Å². The molecule has 0 aromatic heterocycles. The Balaban J connectivity index is 1.79. The number of hydrogen-bond donors (Lipinski definition) is 2. The molecule has 2 unspecified atom stereocenters. The van der Waals surface area contributed by atoms with Crippen LogP contribution >= 0.6 is 0 Å². The minimum absolute atomic E-state index is 0.0216. The van der Waals surface area contributed by atoms with Crippen molar-refractivity contribution in [2.75, 3.05) is 12.8 Å². The van der Waals surface area contributed by atoms with Crippen LogP contribution in [0.1, 0.15) is 32.1 Å². The maximum atomic E-state index is 11.5. The molecule has 2 saturated carbocycles. The van der Waals surface area contributed by atoms with E-state index in [0.29, 0.717) is 12.5 Å². The van der Waals surface area contributed by atoms with Crippen molar-refractivity contribution in [3.05, 3.63) is 0 Å². The second-order valence-corrected chi connectivity index (χ2v) is 7.39. The molecule has 5 nitrogen and oxygen atoms in total. The summed E-state index contributed by atoms with van der Waals surface area (Å²) in [5, 5.41) is 5.64. The first-order valence-corrected chi connectivity index (χ1v) is 8.14. The lowest BCUT2D eigenvalue weighted by Gasteiger charge is -2.19. The maximum absolute atomic E-state index is 11.5. The molecule has 0 aliphatic heterocycles. The first kappa shape index (κ1) is 12.8. The molecule has 0 saturated heterocycles. The number of amides is 1. The van der Waals surface area contributed by atoms with Gasteiger partial charge >= 0.3 is 0 Å². The third kappa shape index (κ3) is 3.67. The SMILES string of the molecule is CS(=O)(=O)C1CCCC1NCC(=O)NC1CC1. The molecule has 2 aliphatic carbocycles. The van der Waals surface area contributed by atoms with Gasteiger partial charge in [-0.15, -0.1) is 0 Å². The number of nitrogens with one attached hydrogen (secondary N) is 2. The Morgan fingerprint density at radius 3 is 2.53 bits per heavy atom. The van der Waals surface area contributed by atoms with Gasteiger partial charge in [-0.05, 0) is 25.7 Å². The van der Waals surface area contributed by atoms with Crippen LogP contribution in [0.3, 0.4) is 0 Å². The quantitative estimate of drug-likeness (QED) is 0.719. The third-order valence-electron chi connectivity index (χ3n) is 3.47. The highest BCUT2D eigenvalue weighted by molar-refractivity contribution is 7.91. The fourth-order valence-electron chi connectivity index (χ4n) is 2.40. The van der Waals surface area contributed by atoms with E-state index < -0.39 is 9.84 Å². The number of sulfone groups is 1. The molecule has 1 amide bonds. The maximum Gasteiger partial charge on any atom is 0.234 e. The summed E-state index contributed by atoms with van der Waals surface area (Å²) in [5.74, 6) is -0.0216. The van der Waals surface area contributed by atoms with E-state index in [9.17, 15) is 13.2 Å². The smallest absolute Gasteiger partial charge is 0.234 e.